The summed E-state index contributed by atoms with van der Waals surface area (Å²) in [6.07, 6.45) is 11.2. The third-order valence-corrected chi connectivity index (χ3v) is 8.32. The van der Waals surface area contributed by atoms with E-state index in [1.807, 2.05) is 0 Å². The van der Waals surface area contributed by atoms with Crippen molar-refractivity contribution in [3.05, 3.63) is 65.8 Å². The lowest BCUT2D eigenvalue weighted by atomic mass is 9.77. The molecule has 0 radical (unpaired) electrons. The third kappa shape index (κ3) is 6.23. The van der Waals surface area contributed by atoms with Crippen LogP contribution in [0.25, 0.3) is 0 Å². The minimum absolute atomic E-state index is 0.754. The molecule has 0 aromatic heterocycles. The van der Waals surface area contributed by atoms with E-state index < -0.39 is 0 Å². The fourth-order valence-electron chi connectivity index (χ4n) is 4.17. The third-order valence-electron chi connectivity index (χ3n) is 6.08. The van der Waals surface area contributed by atoms with E-state index in [1.165, 1.54) is 69.6 Å². The van der Waals surface area contributed by atoms with Crippen molar-refractivity contribution in [3.63, 3.8) is 0 Å². The zero-order valence-corrected chi connectivity index (χ0v) is 21.3. The molecule has 0 saturated heterocycles. The van der Waals surface area contributed by atoms with Crippen molar-refractivity contribution in [1.29, 1.82) is 0 Å². The Morgan fingerprint density at radius 3 is 2.07 bits per heavy atom. The molecule has 0 unspecified atom stereocenters. The van der Waals surface area contributed by atoms with Gasteiger partial charge in [-0.15, -0.1) is 0 Å². The fourth-order valence-corrected chi connectivity index (χ4v) is 5.94. The summed E-state index contributed by atoms with van der Waals surface area (Å²) in [5.74, 6) is 8.42. The molecule has 3 rings (SSSR count). The molecule has 2 aromatic rings. The van der Waals surface area contributed by atoms with E-state index in [-0.39, 0.29) is 0 Å². The number of hydrogen-bond acceptors (Lipinski definition) is 0. The maximum absolute atomic E-state index is 3.34. The first-order valence-corrected chi connectivity index (χ1v) is 12.8. The number of hydrogen-bond donors (Lipinski definition) is 0. The van der Waals surface area contributed by atoms with Crippen molar-refractivity contribution in [3.8, 4) is 11.8 Å². The Morgan fingerprint density at radius 1 is 0.857 bits per heavy atom. The Hall–Kier alpha value is -0.540. The largest absolute Gasteiger partial charge is 0.0654 e. The Bertz CT molecular complexity index is 808. The molecular weight excluding hydrogens is 566 g/mol. The first-order valence-electron chi connectivity index (χ1n) is 10.6. The van der Waals surface area contributed by atoms with Gasteiger partial charge in [0.25, 0.3) is 0 Å². The van der Waals surface area contributed by atoms with Crippen LogP contribution < -0.4 is 0 Å². The van der Waals surface area contributed by atoms with Crippen LogP contribution in [0.4, 0.5) is 0 Å². The topological polar surface area (TPSA) is 0 Å². The highest BCUT2D eigenvalue weighted by atomic mass is 127. The summed E-state index contributed by atoms with van der Waals surface area (Å²) in [4.78, 5) is 0. The zero-order chi connectivity index (χ0) is 19.9. The van der Waals surface area contributed by atoms with Crippen molar-refractivity contribution < 1.29 is 0 Å². The van der Waals surface area contributed by atoms with Crippen LogP contribution in [-0.4, -0.2) is 0 Å². The van der Waals surface area contributed by atoms with Gasteiger partial charge in [0.1, 0.15) is 0 Å². The van der Waals surface area contributed by atoms with Crippen molar-refractivity contribution in [1.82, 2.24) is 0 Å². The van der Waals surface area contributed by atoms with E-state index in [0.717, 1.165) is 23.0 Å². The van der Waals surface area contributed by atoms with Crippen molar-refractivity contribution >= 4 is 45.2 Å². The molecule has 1 fully saturated rings. The lowest BCUT2D eigenvalue weighted by Crippen LogP contribution is -2.13. The highest BCUT2D eigenvalue weighted by molar-refractivity contribution is 14.1. The summed E-state index contributed by atoms with van der Waals surface area (Å²) in [6.45, 7) is 4.46. The van der Waals surface area contributed by atoms with Gasteiger partial charge in [-0.2, -0.15) is 0 Å². The maximum atomic E-state index is 3.34. The lowest BCUT2D eigenvalue weighted by molar-refractivity contribution is 0.303. The van der Waals surface area contributed by atoms with E-state index in [9.17, 15) is 0 Å². The second-order valence-electron chi connectivity index (χ2n) is 8.15. The summed E-state index contributed by atoms with van der Waals surface area (Å²) < 4.78 is 2.57. The standard InChI is InChI=1S/C26H30I2/c1-3-4-5-6-20-9-13-23(14-10-20)24-15-11-21(12-16-24)7-8-22-17-25(27)19(2)26(28)18-22/h11-12,15-18,20,23H,3-6,9-10,13-14H2,1-2H3. The minimum Gasteiger partial charge on any atom is -0.0654 e. The quantitative estimate of drug-likeness (QED) is 0.185. The molecule has 0 nitrogen and oxygen atoms in total. The number of benzene rings is 2. The molecule has 2 aromatic carbocycles. The Morgan fingerprint density at radius 2 is 1.46 bits per heavy atom. The molecule has 148 valence electrons. The van der Waals surface area contributed by atoms with E-state index in [1.54, 1.807) is 0 Å². The molecule has 0 aliphatic heterocycles. The van der Waals surface area contributed by atoms with Crippen molar-refractivity contribution in [2.24, 2.45) is 5.92 Å². The predicted molar refractivity (Wildman–Crippen MR) is 138 cm³/mol. The minimum atomic E-state index is 0.754. The molecule has 0 spiro atoms. The van der Waals surface area contributed by atoms with Gasteiger partial charge in [0.2, 0.25) is 0 Å². The van der Waals surface area contributed by atoms with Gasteiger partial charge in [0.05, 0.1) is 0 Å². The summed E-state index contributed by atoms with van der Waals surface area (Å²) in [5.41, 5.74) is 5.07. The van der Waals surface area contributed by atoms with E-state index in [4.69, 9.17) is 0 Å². The van der Waals surface area contributed by atoms with Crippen LogP contribution in [0.1, 0.15) is 86.5 Å². The van der Waals surface area contributed by atoms with Gasteiger partial charge in [0.15, 0.2) is 0 Å². The van der Waals surface area contributed by atoms with Gasteiger partial charge in [-0.3, -0.25) is 0 Å². The molecule has 0 heterocycles. The predicted octanol–water partition coefficient (Wildman–Crippen LogP) is 8.46. The Kier molecular flexibility index (Phi) is 8.71. The second-order valence-corrected chi connectivity index (χ2v) is 10.5. The summed E-state index contributed by atoms with van der Waals surface area (Å²) in [7, 11) is 0. The van der Waals surface area contributed by atoms with E-state index in [2.05, 4.69) is 107 Å². The normalized spacial score (nSPS) is 19.1. The summed E-state index contributed by atoms with van der Waals surface area (Å²) in [6, 6.07) is 13.4. The van der Waals surface area contributed by atoms with Gasteiger partial charge in [-0.05, 0) is 125 Å². The van der Waals surface area contributed by atoms with Gasteiger partial charge in [0, 0.05) is 18.3 Å². The smallest absolute Gasteiger partial charge is 0.0270 e. The molecule has 0 atom stereocenters. The Labute approximate surface area is 198 Å². The average molecular weight is 596 g/mol. The average Bonchev–Trinajstić information content (AvgIpc) is 2.71. The van der Waals surface area contributed by atoms with Crippen LogP contribution in [0.5, 0.6) is 0 Å². The van der Waals surface area contributed by atoms with Gasteiger partial charge in [-0.25, -0.2) is 0 Å². The molecule has 0 bridgehead atoms. The Balaban J connectivity index is 1.58. The molecule has 1 aliphatic carbocycles. The van der Waals surface area contributed by atoms with Crippen molar-refractivity contribution in [2.75, 3.05) is 0 Å². The number of unbranched alkanes of at least 4 members (excludes halogenated alkanes) is 2. The molecule has 0 amide bonds. The number of halogens is 2. The van der Waals surface area contributed by atoms with E-state index >= 15 is 0 Å². The van der Waals surface area contributed by atoms with E-state index in [0.29, 0.717) is 0 Å². The van der Waals surface area contributed by atoms with Crippen molar-refractivity contribution in [2.45, 2.75) is 71.1 Å². The number of rotatable bonds is 5. The lowest BCUT2D eigenvalue weighted by Gasteiger charge is -2.29. The fraction of sp³-hybridized carbons (Fsp3) is 0.462. The van der Waals surface area contributed by atoms with Crippen LogP contribution >= 0.6 is 45.2 Å². The van der Waals surface area contributed by atoms with Gasteiger partial charge < -0.3 is 0 Å². The second kappa shape index (κ2) is 11.0. The van der Waals surface area contributed by atoms with Gasteiger partial charge in [-0.1, -0.05) is 56.6 Å². The van der Waals surface area contributed by atoms with Crippen LogP contribution in [0.2, 0.25) is 0 Å². The zero-order valence-electron chi connectivity index (χ0n) is 17.0. The highest BCUT2D eigenvalue weighted by Crippen LogP contribution is 2.37. The van der Waals surface area contributed by atoms with Crippen LogP contribution in [0.3, 0.4) is 0 Å². The maximum Gasteiger partial charge on any atom is 0.0270 e. The summed E-state index contributed by atoms with van der Waals surface area (Å²) >= 11 is 4.79. The first-order chi connectivity index (χ1) is 13.6. The molecule has 0 N–H and O–H groups in total. The molecular formula is C26H30I2. The first kappa shape index (κ1) is 22.2. The molecule has 28 heavy (non-hydrogen) atoms. The molecule has 1 aliphatic rings. The molecule has 1 saturated carbocycles. The van der Waals surface area contributed by atoms with Crippen LogP contribution in [0.15, 0.2) is 36.4 Å². The SMILES string of the molecule is CCCCCC1CCC(c2ccc(C#Cc3cc(I)c(C)c(I)c3)cc2)CC1. The highest BCUT2D eigenvalue weighted by Gasteiger charge is 2.21. The van der Waals surface area contributed by atoms with Crippen LogP contribution in [0, 0.1) is 31.8 Å². The molecule has 2 heteroatoms. The van der Waals surface area contributed by atoms with Crippen LogP contribution in [-0.2, 0) is 0 Å². The monoisotopic (exact) mass is 596 g/mol. The van der Waals surface area contributed by atoms with Gasteiger partial charge >= 0.3 is 0 Å². The summed E-state index contributed by atoms with van der Waals surface area (Å²) in [5, 5.41) is 0.